The first-order valence-corrected chi connectivity index (χ1v) is 6.14. The van der Waals surface area contributed by atoms with Gasteiger partial charge in [0.2, 0.25) is 5.76 Å². The zero-order chi connectivity index (χ0) is 12.4. The number of nitrogens with zero attached hydrogens (tertiary/aromatic N) is 1. The molecule has 1 aromatic rings. The summed E-state index contributed by atoms with van der Waals surface area (Å²) < 4.78 is 5.73. The van der Waals surface area contributed by atoms with Gasteiger partial charge < -0.3 is 14.4 Å². The smallest absolute Gasteiger partial charge is 0.306 e. The van der Waals surface area contributed by atoms with E-state index in [9.17, 15) is 9.59 Å². The lowest BCUT2D eigenvalue weighted by molar-refractivity contribution is -0.143. The molecule has 92 valence electrons. The Kier molecular flexibility index (Phi) is 3.51. The second kappa shape index (κ2) is 4.91. The van der Waals surface area contributed by atoms with Gasteiger partial charge in [0.1, 0.15) is 0 Å². The minimum atomic E-state index is -0.781. The molecule has 0 aromatic carbocycles. The normalized spacial score (nSPS) is 17.1. The molecule has 0 unspecified atom stereocenters. The van der Waals surface area contributed by atoms with Crippen molar-refractivity contribution in [1.82, 2.24) is 4.90 Å². The highest BCUT2D eigenvalue weighted by Crippen LogP contribution is 2.23. The maximum Gasteiger partial charge on any atom is 0.306 e. The molecule has 0 bridgehead atoms. The number of furan rings is 1. The highest BCUT2D eigenvalue weighted by molar-refractivity contribution is 9.10. The molecule has 1 saturated heterocycles. The van der Waals surface area contributed by atoms with Crippen molar-refractivity contribution < 1.29 is 19.1 Å². The van der Waals surface area contributed by atoms with Gasteiger partial charge in [0.15, 0.2) is 0 Å². The molecule has 17 heavy (non-hydrogen) atoms. The van der Waals surface area contributed by atoms with Crippen LogP contribution in [0.2, 0.25) is 0 Å². The van der Waals surface area contributed by atoms with E-state index in [0.717, 1.165) is 0 Å². The van der Waals surface area contributed by atoms with E-state index >= 15 is 0 Å². The molecule has 1 aliphatic heterocycles. The average molecular weight is 302 g/mol. The first-order chi connectivity index (χ1) is 8.09. The average Bonchev–Trinajstić information content (AvgIpc) is 2.74. The predicted octanol–water partition coefficient (Wildman–Crippen LogP) is 1.98. The molecule has 1 aliphatic rings. The summed E-state index contributed by atoms with van der Waals surface area (Å²) in [4.78, 5) is 24.4. The number of piperidine rings is 1. The largest absolute Gasteiger partial charge is 0.481 e. The van der Waals surface area contributed by atoms with Crippen LogP contribution in [0.15, 0.2) is 21.2 Å². The maximum atomic E-state index is 12.0. The van der Waals surface area contributed by atoms with E-state index in [2.05, 4.69) is 15.9 Å². The fourth-order valence-corrected chi connectivity index (χ4v) is 2.29. The number of carboxylic acids is 1. The van der Waals surface area contributed by atoms with Crippen molar-refractivity contribution in [3.63, 3.8) is 0 Å². The molecule has 0 aliphatic carbocycles. The van der Waals surface area contributed by atoms with Crippen LogP contribution in [0.5, 0.6) is 0 Å². The summed E-state index contributed by atoms with van der Waals surface area (Å²) >= 11 is 3.23. The van der Waals surface area contributed by atoms with Crippen molar-refractivity contribution in [2.45, 2.75) is 12.8 Å². The van der Waals surface area contributed by atoms with Crippen molar-refractivity contribution in [3.8, 4) is 0 Å². The van der Waals surface area contributed by atoms with Gasteiger partial charge in [-0.2, -0.15) is 0 Å². The van der Waals surface area contributed by atoms with Crippen LogP contribution in [0, 0.1) is 5.92 Å². The van der Waals surface area contributed by atoms with E-state index in [1.807, 2.05) is 0 Å². The molecule has 6 heteroatoms. The number of likely N-dealkylation sites (tertiary alicyclic amines) is 1. The molecular weight excluding hydrogens is 290 g/mol. The van der Waals surface area contributed by atoms with Crippen molar-refractivity contribution in [2.75, 3.05) is 13.1 Å². The number of carbonyl (C=O) groups is 2. The van der Waals surface area contributed by atoms with Crippen LogP contribution < -0.4 is 0 Å². The summed E-state index contributed by atoms with van der Waals surface area (Å²) in [5.41, 5.74) is 0. The zero-order valence-electron chi connectivity index (χ0n) is 9.06. The molecule has 0 atom stereocenters. The van der Waals surface area contributed by atoms with E-state index in [4.69, 9.17) is 9.52 Å². The van der Waals surface area contributed by atoms with Gasteiger partial charge in [0.25, 0.3) is 5.91 Å². The Balaban J connectivity index is 2.00. The Morgan fingerprint density at radius 2 is 2.06 bits per heavy atom. The molecule has 2 rings (SSSR count). The maximum absolute atomic E-state index is 12.0. The van der Waals surface area contributed by atoms with Crippen molar-refractivity contribution in [1.29, 1.82) is 0 Å². The number of aliphatic carboxylic acids is 1. The SMILES string of the molecule is O=C(O)C1CCN(C(=O)c2occc2Br)CC1. The lowest BCUT2D eigenvalue weighted by Crippen LogP contribution is -2.40. The third-order valence-corrected chi connectivity index (χ3v) is 3.57. The van der Waals surface area contributed by atoms with Gasteiger partial charge in [0, 0.05) is 13.1 Å². The topological polar surface area (TPSA) is 70.8 Å². The second-order valence-electron chi connectivity index (χ2n) is 4.00. The number of hydrogen-bond donors (Lipinski definition) is 1. The van der Waals surface area contributed by atoms with Gasteiger partial charge in [-0.1, -0.05) is 0 Å². The van der Waals surface area contributed by atoms with E-state index in [1.165, 1.54) is 6.26 Å². The first-order valence-electron chi connectivity index (χ1n) is 5.34. The van der Waals surface area contributed by atoms with E-state index in [0.29, 0.717) is 30.4 Å². The Labute approximate surface area is 107 Å². The summed E-state index contributed by atoms with van der Waals surface area (Å²) in [6.45, 7) is 0.923. The van der Waals surface area contributed by atoms with Gasteiger partial charge in [-0.25, -0.2) is 0 Å². The fourth-order valence-electron chi connectivity index (χ4n) is 1.92. The Bertz CT molecular complexity index is 434. The second-order valence-corrected chi connectivity index (χ2v) is 4.86. The minimum absolute atomic E-state index is 0.189. The third kappa shape index (κ3) is 2.52. The van der Waals surface area contributed by atoms with Crippen LogP contribution in [0.1, 0.15) is 23.4 Å². The summed E-state index contributed by atoms with van der Waals surface area (Å²) in [5.74, 6) is -1.03. The number of amides is 1. The van der Waals surface area contributed by atoms with Crippen LogP contribution in [0.25, 0.3) is 0 Å². The quantitative estimate of drug-likeness (QED) is 0.907. The molecule has 2 heterocycles. The highest BCUT2D eigenvalue weighted by Gasteiger charge is 2.29. The van der Waals surface area contributed by atoms with Gasteiger partial charge in [-0.3, -0.25) is 9.59 Å². The number of hydrogen-bond acceptors (Lipinski definition) is 3. The predicted molar refractivity (Wildman–Crippen MR) is 62.7 cm³/mol. The molecule has 1 fully saturated rings. The van der Waals surface area contributed by atoms with Crippen LogP contribution in [-0.2, 0) is 4.79 Å². The fraction of sp³-hybridized carbons (Fsp3) is 0.455. The lowest BCUT2D eigenvalue weighted by Gasteiger charge is -2.29. The van der Waals surface area contributed by atoms with Crippen LogP contribution >= 0.6 is 15.9 Å². The number of rotatable bonds is 2. The standard InChI is InChI=1S/C11H12BrNO4/c12-8-3-6-17-9(8)10(14)13-4-1-7(2-5-13)11(15)16/h3,6-7H,1-2,4-5H2,(H,15,16). The lowest BCUT2D eigenvalue weighted by atomic mass is 9.97. The molecule has 0 spiro atoms. The van der Waals surface area contributed by atoms with Crippen molar-refractivity contribution >= 4 is 27.8 Å². The number of carboxylic acid groups (broad SMARTS) is 1. The van der Waals surface area contributed by atoms with E-state index in [-0.39, 0.29) is 17.6 Å². The number of halogens is 1. The monoisotopic (exact) mass is 301 g/mol. The summed E-state index contributed by atoms with van der Waals surface area (Å²) in [5, 5.41) is 8.86. The summed E-state index contributed by atoms with van der Waals surface area (Å²) in [6, 6.07) is 1.66. The molecule has 1 amide bonds. The van der Waals surface area contributed by atoms with Gasteiger partial charge in [0.05, 0.1) is 16.7 Å². The molecule has 0 radical (unpaired) electrons. The van der Waals surface area contributed by atoms with Crippen LogP contribution in [0.4, 0.5) is 0 Å². The Morgan fingerprint density at radius 3 is 2.53 bits per heavy atom. The van der Waals surface area contributed by atoms with Crippen LogP contribution in [0.3, 0.4) is 0 Å². The highest BCUT2D eigenvalue weighted by atomic mass is 79.9. The van der Waals surface area contributed by atoms with Gasteiger partial charge in [-0.15, -0.1) is 0 Å². The molecule has 5 nitrogen and oxygen atoms in total. The summed E-state index contributed by atoms with van der Waals surface area (Å²) in [7, 11) is 0. The van der Waals surface area contributed by atoms with E-state index < -0.39 is 5.97 Å². The van der Waals surface area contributed by atoms with Gasteiger partial charge in [-0.05, 0) is 34.8 Å². The Morgan fingerprint density at radius 1 is 1.41 bits per heavy atom. The van der Waals surface area contributed by atoms with Crippen LogP contribution in [-0.4, -0.2) is 35.0 Å². The van der Waals surface area contributed by atoms with Crippen molar-refractivity contribution in [2.24, 2.45) is 5.92 Å². The summed E-state index contributed by atoms with van der Waals surface area (Å²) in [6.07, 6.45) is 2.44. The first kappa shape index (κ1) is 12.2. The van der Waals surface area contributed by atoms with E-state index in [1.54, 1.807) is 11.0 Å². The zero-order valence-corrected chi connectivity index (χ0v) is 10.6. The van der Waals surface area contributed by atoms with Gasteiger partial charge >= 0.3 is 5.97 Å². The molecule has 1 aromatic heterocycles. The molecule has 1 N–H and O–H groups in total. The molecule has 0 saturated carbocycles. The van der Waals surface area contributed by atoms with Crippen molar-refractivity contribution in [3.05, 3.63) is 22.6 Å². The Hall–Kier alpha value is -1.30. The minimum Gasteiger partial charge on any atom is -0.481 e. The number of carbonyl (C=O) groups excluding carboxylic acids is 1. The third-order valence-electron chi connectivity index (χ3n) is 2.94. The molecular formula is C11H12BrNO4.